The molecular formula is C20H17NO3. The fourth-order valence-corrected chi connectivity index (χ4v) is 2.56. The molecule has 0 unspecified atom stereocenters. The van der Waals surface area contributed by atoms with Crippen LogP contribution < -0.4 is 5.56 Å². The summed E-state index contributed by atoms with van der Waals surface area (Å²) in [4.78, 5) is 27.8. The van der Waals surface area contributed by atoms with Gasteiger partial charge in [0.05, 0.1) is 17.9 Å². The molecule has 0 bridgehead atoms. The van der Waals surface area contributed by atoms with E-state index in [1.54, 1.807) is 13.0 Å². The summed E-state index contributed by atoms with van der Waals surface area (Å²) >= 11 is 0. The van der Waals surface area contributed by atoms with Gasteiger partial charge in [0.25, 0.3) is 5.56 Å². The Morgan fingerprint density at radius 1 is 0.958 bits per heavy atom. The third kappa shape index (κ3) is 3.13. The van der Waals surface area contributed by atoms with Crippen LogP contribution in [-0.4, -0.2) is 17.6 Å². The number of carbonyl (C=O) groups is 1. The van der Waals surface area contributed by atoms with Gasteiger partial charge in [0.15, 0.2) is 0 Å². The number of hydrogen-bond acceptors (Lipinski definition) is 3. The number of aromatic nitrogens is 1. The smallest absolute Gasteiger partial charge is 0.340 e. The second-order valence-electron chi connectivity index (χ2n) is 5.25. The Morgan fingerprint density at radius 2 is 1.54 bits per heavy atom. The average Bonchev–Trinajstić information content (AvgIpc) is 2.63. The molecule has 120 valence electrons. The minimum Gasteiger partial charge on any atom is -0.462 e. The second-order valence-corrected chi connectivity index (χ2v) is 5.25. The fourth-order valence-electron chi connectivity index (χ4n) is 2.56. The third-order valence-electron chi connectivity index (χ3n) is 3.68. The predicted octanol–water partition coefficient (Wildman–Crippen LogP) is 3.89. The van der Waals surface area contributed by atoms with Crippen molar-refractivity contribution >= 4 is 5.97 Å². The van der Waals surface area contributed by atoms with E-state index in [-0.39, 0.29) is 12.2 Å². The molecule has 4 nitrogen and oxygen atoms in total. The summed E-state index contributed by atoms with van der Waals surface area (Å²) in [6.45, 7) is 2.02. The van der Waals surface area contributed by atoms with Crippen LogP contribution in [0, 0.1) is 0 Å². The van der Waals surface area contributed by atoms with E-state index < -0.39 is 5.97 Å². The number of nitrogens with one attached hydrogen (secondary N) is 1. The molecule has 4 heteroatoms. The minimum absolute atomic E-state index is 0.242. The van der Waals surface area contributed by atoms with Crippen LogP contribution in [0.5, 0.6) is 0 Å². The number of ether oxygens (including phenoxy) is 1. The van der Waals surface area contributed by atoms with Crippen molar-refractivity contribution in [2.24, 2.45) is 0 Å². The van der Waals surface area contributed by atoms with Crippen molar-refractivity contribution in [2.75, 3.05) is 6.61 Å². The summed E-state index contributed by atoms with van der Waals surface area (Å²) < 4.78 is 5.16. The van der Waals surface area contributed by atoms with Crippen molar-refractivity contribution in [3.05, 3.63) is 82.6 Å². The Bertz CT molecular complexity index is 899. The van der Waals surface area contributed by atoms with Gasteiger partial charge in [-0.15, -0.1) is 0 Å². The number of aromatic amines is 1. The SMILES string of the molecule is CCOC(=O)c1cc(-c2ccccc2)c(=O)[nH]c1-c1ccccc1. The number of pyridine rings is 1. The first-order valence-corrected chi connectivity index (χ1v) is 7.76. The lowest BCUT2D eigenvalue weighted by atomic mass is 10.0. The van der Waals surface area contributed by atoms with E-state index >= 15 is 0 Å². The molecule has 3 aromatic rings. The summed E-state index contributed by atoms with van der Waals surface area (Å²) in [7, 11) is 0. The summed E-state index contributed by atoms with van der Waals surface area (Å²) in [5, 5.41) is 0. The molecule has 0 saturated heterocycles. The van der Waals surface area contributed by atoms with Crippen molar-refractivity contribution < 1.29 is 9.53 Å². The maximum absolute atomic E-state index is 12.5. The summed E-state index contributed by atoms with van der Waals surface area (Å²) in [6, 6.07) is 20.1. The van der Waals surface area contributed by atoms with Crippen molar-refractivity contribution in [2.45, 2.75) is 6.92 Å². The first kappa shape index (κ1) is 15.7. The zero-order valence-corrected chi connectivity index (χ0v) is 13.3. The quantitative estimate of drug-likeness (QED) is 0.742. The molecule has 1 N–H and O–H groups in total. The Kier molecular flexibility index (Phi) is 4.57. The molecule has 1 heterocycles. The first-order valence-electron chi connectivity index (χ1n) is 7.76. The van der Waals surface area contributed by atoms with E-state index in [0.717, 1.165) is 11.1 Å². The van der Waals surface area contributed by atoms with Gasteiger partial charge in [-0.25, -0.2) is 4.79 Å². The Balaban J connectivity index is 2.22. The second kappa shape index (κ2) is 6.96. The lowest BCUT2D eigenvalue weighted by molar-refractivity contribution is 0.0527. The summed E-state index contributed by atoms with van der Waals surface area (Å²) in [5.74, 6) is -0.454. The maximum atomic E-state index is 12.5. The van der Waals surface area contributed by atoms with Gasteiger partial charge in [-0.1, -0.05) is 60.7 Å². The largest absolute Gasteiger partial charge is 0.462 e. The molecule has 0 radical (unpaired) electrons. The van der Waals surface area contributed by atoms with Gasteiger partial charge in [-0.3, -0.25) is 4.79 Å². The van der Waals surface area contributed by atoms with Crippen LogP contribution in [0.1, 0.15) is 17.3 Å². The molecule has 24 heavy (non-hydrogen) atoms. The number of H-pyrrole nitrogens is 1. The summed E-state index contributed by atoms with van der Waals surface area (Å²) in [5.41, 5.74) is 2.54. The van der Waals surface area contributed by atoms with Crippen molar-refractivity contribution in [3.8, 4) is 22.4 Å². The first-order chi connectivity index (χ1) is 11.7. The predicted molar refractivity (Wildman–Crippen MR) is 93.9 cm³/mol. The van der Waals surface area contributed by atoms with Crippen LogP contribution in [0.25, 0.3) is 22.4 Å². The Hall–Kier alpha value is -3.14. The lowest BCUT2D eigenvalue weighted by Crippen LogP contribution is -2.16. The molecule has 0 spiro atoms. The molecule has 2 aromatic carbocycles. The molecule has 0 saturated carbocycles. The fraction of sp³-hybridized carbons (Fsp3) is 0.100. The number of esters is 1. The van der Waals surface area contributed by atoms with E-state index in [2.05, 4.69) is 4.98 Å². The van der Waals surface area contributed by atoms with Crippen molar-refractivity contribution in [1.29, 1.82) is 0 Å². The van der Waals surface area contributed by atoms with Crippen molar-refractivity contribution in [1.82, 2.24) is 4.98 Å². The maximum Gasteiger partial charge on any atom is 0.340 e. The standard InChI is InChI=1S/C20H17NO3/c1-2-24-20(23)17-13-16(14-9-5-3-6-10-14)19(22)21-18(17)15-11-7-4-8-12-15/h3-13H,2H2,1H3,(H,21,22). The molecule has 3 rings (SSSR count). The number of carbonyl (C=O) groups excluding carboxylic acids is 1. The lowest BCUT2D eigenvalue weighted by Gasteiger charge is -2.11. The van der Waals surface area contributed by atoms with Gasteiger partial charge < -0.3 is 9.72 Å². The highest BCUT2D eigenvalue weighted by Gasteiger charge is 2.18. The van der Waals surface area contributed by atoms with Crippen LogP contribution in [0.2, 0.25) is 0 Å². The van der Waals surface area contributed by atoms with Crippen LogP contribution in [-0.2, 0) is 4.74 Å². The third-order valence-corrected chi connectivity index (χ3v) is 3.68. The molecule has 0 atom stereocenters. The van der Waals surface area contributed by atoms with Crippen molar-refractivity contribution in [3.63, 3.8) is 0 Å². The highest BCUT2D eigenvalue weighted by Crippen LogP contribution is 2.25. The van der Waals surface area contributed by atoms with E-state index in [1.807, 2.05) is 60.7 Å². The molecular weight excluding hydrogens is 302 g/mol. The number of hydrogen-bond donors (Lipinski definition) is 1. The normalized spacial score (nSPS) is 10.4. The van der Waals surface area contributed by atoms with Crippen LogP contribution >= 0.6 is 0 Å². The molecule has 0 fully saturated rings. The van der Waals surface area contributed by atoms with Crippen LogP contribution in [0.15, 0.2) is 71.5 Å². The Labute approximate surface area is 139 Å². The highest BCUT2D eigenvalue weighted by molar-refractivity contribution is 5.97. The van der Waals surface area contributed by atoms with Gasteiger partial charge in [0, 0.05) is 5.56 Å². The zero-order chi connectivity index (χ0) is 16.9. The topological polar surface area (TPSA) is 59.2 Å². The van der Waals surface area contributed by atoms with Crippen LogP contribution in [0.4, 0.5) is 0 Å². The van der Waals surface area contributed by atoms with Gasteiger partial charge in [-0.2, -0.15) is 0 Å². The average molecular weight is 319 g/mol. The van der Waals surface area contributed by atoms with Gasteiger partial charge >= 0.3 is 5.97 Å². The zero-order valence-electron chi connectivity index (χ0n) is 13.3. The summed E-state index contributed by atoms with van der Waals surface area (Å²) in [6.07, 6.45) is 0. The highest BCUT2D eigenvalue weighted by atomic mass is 16.5. The Morgan fingerprint density at radius 3 is 2.12 bits per heavy atom. The monoisotopic (exact) mass is 319 g/mol. The van der Waals surface area contributed by atoms with E-state index in [0.29, 0.717) is 16.8 Å². The molecule has 0 aliphatic rings. The van der Waals surface area contributed by atoms with Gasteiger partial charge in [0.2, 0.25) is 0 Å². The van der Waals surface area contributed by atoms with E-state index in [9.17, 15) is 9.59 Å². The van der Waals surface area contributed by atoms with E-state index in [1.165, 1.54) is 0 Å². The molecule has 1 aromatic heterocycles. The van der Waals surface area contributed by atoms with Gasteiger partial charge in [0.1, 0.15) is 0 Å². The van der Waals surface area contributed by atoms with Crippen LogP contribution in [0.3, 0.4) is 0 Å². The van der Waals surface area contributed by atoms with Gasteiger partial charge in [-0.05, 0) is 24.1 Å². The molecule has 0 aliphatic carbocycles. The number of rotatable bonds is 4. The number of benzene rings is 2. The molecule has 0 amide bonds. The minimum atomic E-state index is -0.454. The van der Waals surface area contributed by atoms with E-state index in [4.69, 9.17) is 4.74 Å². The molecule has 0 aliphatic heterocycles.